The van der Waals surface area contributed by atoms with Gasteiger partial charge in [-0.25, -0.2) is 4.39 Å². The van der Waals surface area contributed by atoms with Gasteiger partial charge in [-0.1, -0.05) is 48.9 Å². The highest BCUT2D eigenvalue weighted by Gasteiger charge is 2.30. The third-order valence-corrected chi connectivity index (χ3v) is 4.70. The van der Waals surface area contributed by atoms with E-state index in [9.17, 15) is 14.0 Å². The standard InChI is InChI=1S/C23H28ClFN2O2/c1-5-20(22(29)26-23(2,3)4)27(15-16-10-12-18(24)13-11-16)21(28)14-17-8-6-7-9-19(17)25/h6-13,20H,5,14-15H2,1-4H3,(H,26,29)/t20-/m1/s1. The normalized spacial score (nSPS) is 12.3. The number of carbonyl (C=O) groups excluding carboxylic acids is 2. The molecule has 0 bridgehead atoms. The molecule has 0 radical (unpaired) electrons. The molecule has 4 nitrogen and oxygen atoms in total. The second-order valence-corrected chi connectivity index (χ2v) is 8.52. The molecule has 2 rings (SSSR count). The minimum Gasteiger partial charge on any atom is -0.350 e. The molecule has 6 heteroatoms. The van der Waals surface area contributed by atoms with Gasteiger partial charge in [0.25, 0.3) is 0 Å². The number of hydrogen-bond acceptors (Lipinski definition) is 2. The topological polar surface area (TPSA) is 49.4 Å². The van der Waals surface area contributed by atoms with E-state index in [1.807, 2.05) is 39.8 Å². The van der Waals surface area contributed by atoms with Crippen molar-refractivity contribution in [3.8, 4) is 0 Å². The van der Waals surface area contributed by atoms with Gasteiger partial charge in [-0.2, -0.15) is 0 Å². The van der Waals surface area contributed by atoms with Crippen LogP contribution in [0.4, 0.5) is 4.39 Å². The summed E-state index contributed by atoms with van der Waals surface area (Å²) < 4.78 is 14.1. The van der Waals surface area contributed by atoms with Gasteiger partial charge in [-0.05, 0) is 56.5 Å². The SMILES string of the molecule is CC[C@H](C(=O)NC(C)(C)C)N(Cc1ccc(Cl)cc1)C(=O)Cc1ccccc1F. The second kappa shape index (κ2) is 9.88. The van der Waals surface area contributed by atoms with E-state index in [4.69, 9.17) is 11.6 Å². The van der Waals surface area contributed by atoms with E-state index in [1.54, 1.807) is 30.3 Å². The van der Waals surface area contributed by atoms with E-state index < -0.39 is 17.4 Å². The molecule has 2 amide bonds. The lowest BCUT2D eigenvalue weighted by molar-refractivity contribution is -0.141. The van der Waals surface area contributed by atoms with Crippen molar-refractivity contribution in [1.82, 2.24) is 10.2 Å². The predicted molar refractivity (Wildman–Crippen MR) is 114 cm³/mol. The quantitative estimate of drug-likeness (QED) is 0.705. The van der Waals surface area contributed by atoms with Crippen molar-refractivity contribution in [2.24, 2.45) is 0 Å². The summed E-state index contributed by atoms with van der Waals surface area (Å²) in [5, 5.41) is 3.54. The summed E-state index contributed by atoms with van der Waals surface area (Å²) >= 11 is 5.96. The van der Waals surface area contributed by atoms with E-state index in [1.165, 1.54) is 11.0 Å². The van der Waals surface area contributed by atoms with Crippen molar-refractivity contribution in [3.05, 3.63) is 70.5 Å². The van der Waals surface area contributed by atoms with E-state index in [0.29, 0.717) is 17.0 Å². The van der Waals surface area contributed by atoms with Gasteiger partial charge in [-0.3, -0.25) is 9.59 Å². The Balaban J connectivity index is 2.32. The van der Waals surface area contributed by atoms with E-state index in [-0.39, 0.29) is 24.8 Å². The summed E-state index contributed by atoms with van der Waals surface area (Å²) in [6.07, 6.45) is 0.331. The molecule has 2 aromatic carbocycles. The fraction of sp³-hybridized carbons (Fsp3) is 0.391. The first-order valence-corrected chi connectivity index (χ1v) is 10.1. The third kappa shape index (κ3) is 6.86. The average molecular weight is 419 g/mol. The summed E-state index contributed by atoms with van der Waals surface area (Å²) in [6.45, 7) is 7.77. The molecular weight excluding hydrogens is 391 g/mol. The van der Waals surface area contributed by atoms with Crippen LogP contribution in [0.2, 0.25) is 5.02 Å². The first-order valence-electron chi connectivity index (χ1n) is 9.70. The van der Waals surface area contributed by atoms with Crippen LogP contribution in [0.25, 0.3) is 0 Å². The highest BCUT2D eigenvalue weighted by atomic mass is 35.5. The number of nitrogens with zero attached hydrogens (tertiary/aromatic N) is 1. The van der Waals surface area contributed by atoms with Gasteiger partial charge >= 0.3 is 0 Å². The molecule has 0 aliphatic rings. The van der Waals surface area contributed by atoms with Crippen LogP contribution in [0, 0.1) is 5.82 Å². The fourth-order valence-corrected chi connectivity index (χ4v) is 3.19. The third-order valence-electron chi connectivity index (χ3n) is 4.45. The van der Waals surface area contributed by atoms with Crippen LogP contribution in [0.3, 0.4) is 0 Å². The minimum absolute atomic E-state index is 0.112. The fourth-order valence-electron chi connectivity index (χ4n) is 3.07. The van der Waals surface area contributed by atoms with Crippen molar-refractivity contribution >= 4 is 23.4 Å². The second-order valence-electron chi connectivity index (χ2n) is 8.08. The minimum atomic E-state index is -0.663. The lowest BCUT2D eigenvalue weighted by Crippen LogP contribution is -2.53. The van der Waals surface area contributed by atoms with Crippen LogP contribution in [-0.2, 0) is 22.6 Å². The summed E-state index contributed by atoms with van der Waals surface area (Å²) in [5.41, 5.74) is 0.730. The van der Waals surface area contributed by atoms with Crippen LogP contribution in [0.15, 0.2) is 48.5 Å². The van der Waals surface area contributed by atoms with E-state index in [0.717, 1.165) is 5.56 Å². The maximum atomic E-state index is 14.1. The molecule has 0 spiro atoms. The smallest absolute Gasteiger partial charge is 0.243 e. The maximum Gasteiger partial charge on any atom is 0.243 e. The molecule has 0 heterocycles. The molecule has 29 heavy (non-hydrogen) atoms. The molecule has 2 aromatic rings. The Morgan fingerprint density at radius 3 is 2.28 bits per heavy atom. The van der Waals surface area contributed by atoms with Crippen molar-refractivity contribution in [2.75, 3.05) is 0 Å². The van der Waals surface area contributed by atoms with Crippen LogP contribution in [0.5, 0.6) is 0 Å². The molecular formula is C23H28ClFN2O2. The molecule has 0 saturated carbocycles. The number of rotatable bonds is 7. The van der Waals surface area contributed by atoms with Gasteiger partial charge in [-0.15, -0.1) is 0 Å². The van der Waals surface area contributed by atoms with Crippen molar-refractivity contribution < 1.29 is 14.0 Å². The van der Waals surface area contributed by atoms with Gasteiger partial charge < -0.3 is 10.2 Å². The first-order chi connectivity index (χ1) is 13.6. The van der Waals surface area contributed by atoms with Gasteiger partial charge in [0.2, 0.25) is 11.8 Å². The summed E-state index contributed by atoms with van der Waals surface area (Å²) in [5.74, 6) is -0.962. The number of benzene rings is 2. The Bertz CT molecular complexity index is 847. The van der Waals surface area contributed by atoms with E-state index >= 15 is 0 Å². The Hall–Kier alpha value is -2.40. The largest absolute Gasteiger partial charge is 0.350 e. The van der Waals surface area contributed by atoms with E-state index in [2.05, 4.69) is 5.32 Å². The molecule has 156 valence electrons. The number of halogens is 2. The average Bonchev–Trinajstić information content (AvgIpc) is 2.63. The van der Waals surface area contributed by atoms with Crippen molar-refractivity contribution in [2.45, 2.75) is 58.7 Å². The van der Waals surface area contributed by atoms with Gasteiger partial charge in [0, 0.05) is 17.1 Å². The zero-order valence-electron chi connectivity index (χ0n) is 17.3. The molecule has 0 unspecified atom stereocenters. The number of nitrogens with one attached hydrogen (secondary N) is 1. The molecule has 0 aromatic heterocycles. The first kappa shape index (κ1) is 22.9. The Labute approximate surface area is 177 Å². The van der Waals surface area contributed by atoms with Crippen LogP contribution >= 0.6 is 11.6 Å². The van der Waals surface area contributed by atoms with Crippen LogP contribution in [-0.4, -0.2) is 28.3 Å². The summed E-state index contributed by atoms with van der Waals surface area (Å²) in [6, 6.07) is 12.7. The number of carbonyl (C=O) groups is 2. The molecule has 0 saturated heterocycles. The highest BCUT2D eigenvalue weighted by molar-refractivity contribution is 6.30. The summed E-state index contributed by atoms with van der Waals surface area (Å²) in [7, 11) is 0. The van der Waals surface area contributed by atoms with Crippen LogP contribution < -0.4 is 5.32 Å². The predicted octanol–water partition coefficient (Wildman–Crippen LogP) is 4.74. The Kier molecular flexibility index (Phi) is 7.80. The highest BCUT2D eigenvalue weighted by Crippen LogP contribution is 2.18. The maximum absolute atomic E-state index is 14.1. The summed E-state index contributed by atoms with van der Waals surface area (Å²) in [4.78, 5) is 27.6. The molecule has 1 N–H and O–H groups in total. The molecule has 0 fully saturated rings. The number of amides is 2. The monoisotopic (exact) mass is 418 g/mol. The lowest BCUT2D eigenvalue weighted by Gasteiger charge is -2.33. The molecule has 0 aliphatic carbocycles. The van der Waals surface area contributed by atoms with Gasteiger partial charge in [0.1, 0.15) is 11.9 Å². The lowest BCUT2D eigenvalue weighted by atomic mass is 10.0. The number of hydrogen-bond donors (Lipinski definition) is 1. The van der Waals surface area contributed by atoms with Gasteiger partial charge in [0.05, 0.1) is 6.42 Å². The zero-order valence-corrected chi connectivity index (χ0v) is 18.1. The van der Waals surface area contributed by atoms with Crippen LogP contribution in [0.1, 0.15) is 45.2 Å². The molecule has 1 atom stereocenters. The molecule has 0 aliphatic heterocycles. The zero-order chi connectivity index (χ0) is 21.6. The van der Waals surface area contributed by atoms with Crippen molar-refractivity contribution in [1.29, 1.82) is 0 Å². The van der Waals surface area contributed by atoms with Crippen molar-refractivity contribution in [3.63, 3.8) is 0 Å². The van der Waals surface area contributed by atoms with Gasteiger partial charge in [0.15, 0.2) is 0 Å². The Morgan fingerprint density at radius 2 is 1.72 bits per heavy atom. The Morgan fingerprint density at radius 1 is 1.10 bits per heavy atom.